The van der Waals surface area contributed by atoms with Crippen molar-refractivity contribution in [3.8, 4) is 5.75 Å². The number of rotatable bonds is 1. The fourth-order valence-corrected chi connectivity index (χ4v) is 5.01. The lowest BCUT2D eigenvalue weighted by Crippen LogP contribution is -2.71. The number of benzene rings is 1. The van der Waals surface area contributed by atoms with Gasteiger partial charge in [-0.1, -0.05) is 48.0 Å². The summed E-state index contributed by atoms with van der Waals surface area (Å²) in [4.78, 5) is 4.85. The highest BCUT2D eigenvalue weighted by molar-refractivity contribution is 6.35. The van der Waals surface area contributed by atoms with Gasteiger partial charge < -0.3 is 19.9 Å². The van der Waals surface area contributed by atoms with Gasteiger partial charge in [0.05, 0.1) is 18.6 Å². The zero-order chi connectivity index (χ0) is 20.3. The minimum atomic E-state index is -0.656. The fraction of sp³-hybridized carbons (Fsp3) is 0.348. The number of amidine groups is 1. The van der Waals surface area contributed by atoms with Crippen LogP contribution in [0, 0.1) is 5.41 Å². The number of hydrogen-bond acceptors (Lipinski definition) is 5. The molecule has 5 rings (SSSR count). The summed E-state index contributed by atoms with van der Waals surface area (Å²) in [6, 6.07) is 6.34. The van der Waals surface area contributed by atoms with Crippen LogP contribution in [0.15, 0.2) is 64.7 Å². The molecule has 0 bridgehead atoms. The van der Waals surface area contributed by atoms with Gasteiger partial charge in [-0.3, -0.25) is 0 Å². The van der Waals surface area contributed by atoms with E-state index in [2.05, 4.69) is 19.9 Å². The Hall–Kier alpha value is -2.50. The summed E-state index contributed by atoms with van der Waals surface area (Å²) in [6.45, 7) is 5.64. The van der Waals surface area contributed by atoms with Gasteiger partial charge in [-0.15, -0.1) is 0 Å². The minimum Gasteiger partial charge on any atom is -0.487 e. The van der Waals surface area contributed by atoms with Crippen molar-refractivity contribution in [2.24, 2.45) is 16.1 Å². The Kier molecular flexibility index (Phi) is 3.99. The number of aliphatic imine (C=N–C) groups is 1. The van der Waals surface area contributed by atoms with E-state index in [1.807, 2.05) is 48.6 Å². The lowest BCUT2D eigenvalue weighted by molar-refractivity contribution is -0.247. The number of fused-ring (bicyclic) bond motifs is 3. The number of hydrogen-bond donors (Lipinski definition) is 1. The molecule has 0 amide bonds. The summed E-state index contributed by atoms with van der Waals surface area (Å²) in [5, 5.41) is 0.670. The minimum absolute atomic E-state index is 0.210. The predicted molar refractivity (Wildman–Crippen MR) is 114 cm³/mol. The van der Waals surface area contributed by atoms with Crippen molar-refractivity contribution in [1.82, 2.24) is 0 Å². The zero-order valence-electron chi connectivity index (χ0n) is 16.4. The normalized spacial score (nSPS) is 30.5. The molecule has 1 fully saturated rings. The number of halogens is 1. The van der Waals surface area contributed by atoms with Crippen LogP contribution in [-0.2, 0) is 15.0 Å². The van der Waals surface area contributed by atoms with Crippen LogP contribution < -0.4 is 10.5 Å². The second kappa shape index (κ2) is 6.25. The number of allylic oxidation sites excluding steroid dienone is 8. The van der Waals surface area contributed by atoms with Crippen molar-refractivity contribution in [2.45, 2.75) is 25.0 Å². The summed E-state index contributed by atoms with van der Waals surface area (Å²) in [6.07, 6.45) is 11.7. The molecule has 29 heavy (non-hydrogen) atoms. The fourth-order valence-electron chi connectivity index (χ4n) is 4.77. The van der Waals surface area contributed by atoms with Gasteiger partial charge in [-0.25, -0.2) is 4.99 Å². The molecule has 2 N–H and O–H groups in total. The molecule has 3 aliphatic heterocycles. The molecule has 0 aromatic heterocycles. The maximum atomic E-state index is 6.58. The molecule has 0 radical (unpaired) electrons. The third kappa shape index (κ3) is 2.47. The van der Waals surface area contributed by atoms with Crippen molar-refractivity contribution in [3.63, 3.8) is 0 Å². The van der Waals surface area contributed by atoms with E-state index in [4.69, 9.17) is 36.5 Å². The average molecular weight is 411 g/mol. The first-order valence-corrected chi connectivity index (χ1v) is 10.1. The van der Waals surface area contributed by atoms with Crippen LogP contribution in [0.2, 0.25) is 0 Å². The van der Waals surface area contributed by atoms with Gasteiger partial charge in [0.15, 0.2) is 0 Å². The largest absolute Gasteiger partial charge is 0.487 e. The van der Waals surface area contributed by atoms with E-state index in [-0.39, 0.29) is 11.4 Å². The second-order valence-corrected chi connectivity index (χ2v) is 8.77. The topological polar surface area (TPSA) is 66.1 Å². The highest BCUT2D eigenvalue weighted by Gasteiger charge is 2.71. The van der Waals surface area contributed by atoms with Crippen molar-refractivity contribution in [2.75, 3.05) is 19.8 Å². The molecule has 1 aliphatic carbocycles. The standard InChI is InChI=1S/C23H23ClN2O3/c1-21(2)22(12-27-13-22)23(14-28-20(25)26-23)17-11-15(9-10-19(17)29-21)16-7-5-3-4-6-8-18(16)24/h3-11H,12-14H2,1-2H3,(H2,25,26)/b4-3+,5-3?,6-4?,7-5?,8-6+,16-7?,18-8?,18-16?. The van der Waals surface area contributed by atoms with E-state index in [1.165, 1.54) is 0 Å². The summed E-state index contributed by atoms with van der Waals surface area (Å²) in [5.41, 5.74) is 7.40. The van der Waals surface area contributed by atoms with Gasteiger partial charge in [0.1, 0.15) is 23.5 Å². The van der Waals surface area contributed by atoms with E-state index in [9.17, 15) is 0 Å². The molecule has 1 aromatic rings. The molecule has 0 saturated carbocycles. The number of nitrogens with two attached hydrogens (primary N) is 1. The summed E-state index contributed by atoms with van der Waals surface area (Å²) in [5.74, 6) is 0.792. The van der Waals surface area contributed by atoms with Gasteiger partial charge in [0.25, 0.3) is 6.02 Å². The van der Waals surface area contributed by atoms with Crippen LogP contribution >= 0.6 is 11.6 Å². The summed E-state index contributed by atoms with van der Waals surface area (Å²) in [7, 11) is 0. The van der Waals surface area contributed by atoms with Crippen molar-refractivity contribution in [1.29, 1.82) is 0 Å². The van der Waals surface area contributed by atoms with Gasteiger partial charge in [0, 0.05) is 16.2 Å². The van der Waals surface area contributed by atoms with Gasteiger partial charge >= 0.3 is 0 Å². The highest BCUT2D eigenvalue weighted by atomic mass is 35.5. The molecule has 4 aliphatic rings. The summed E-state index contributed by atoms with van der Waals surface area (Å²) < 4.78 is 17.9. The molecule has 1 unspecified atom stereocenters. The van der Waals surface area contributed by atoms with Gasteiger partial charge in [0.2, 0.25) is 0 Å². The average Bonchev–Trinajstić information content (AvgIpc) is 2.99. The van der Waals surface area contributed by atoms with E-state index in [1.54, 1.807) is 0 Å². The quantitative estimate of drug-likeness (QED) is 0.758. The molecule has 5 nitrogen and oxygen atoms in total. The number of ether oxygens (including phenoxy) is 3. The van der Waals surface area contributed by atoms with Crippen molar-refractivity contribution >= 4 is 23.2 Å². The highest BCUT2D eigenvalue weighted by Crippen LogP contribution is 2.62. The molecule has 1 saturated heterocycles. The van der Waals surface area contributed by atoms with Crippen LogP contribution in [0.4, 0.5) is 0 Å². The summed E-state index contributed by atoms with van der Waals surface area (Å²) >= 11 is 6.58. The molecule has 2 spiro atoms. The molecule has 150 valence electrons. The van der Waals surface area contributed by atoms with E-state index < -0.39 is 11.1 Å². The first kappa shape index (κ1) is 18.5. The van der Waals surface area contributed by atoms with Crippen LogP contribution in [0.25, 0.3) is 5.57 Å². The van der Waals surface area contributed by atoms with E-state index in [0.717, 1.165) is 22.4 Å². The Bertz CT molecular complexity index is 1030. The van der Waals surface area contributed by atoms with Crippen LogP contribution in [-0.4, -0.2) is 31.4 Å². The maximum Gasteiger partial charge on any atom is 0.283 e. The number of nitrogens with zero attached hydrogens (tertiary/aromatic N) is 1. The van der Waals surface area contributed by atoms with Crippen LogP contribution in [0.3, 0.4) is 0 Å². The zero-order valence-corrected chi connectivity index (χ0v) is 17.2. The van der Waals surface area contributed by atoms with Crippen molar-refractivity contribution < 1.29 is 14.2 Å². The third-order valence-electron chi connectivity index (χ3n) is 6.57. The second-order valence-electron chi connectivity index (χ2n) is 8.36. The predicted octanol–water partition coefficient (Wildman–Crippen LogP) is 4.05. The smallest absolute Gasteiger partial charge is 0.283 e. The molecule has 3 heterocycles. The first-order valence-electron chi connectivity index (χ1n) is 9.70. The first-order chi connectivity index (χ1) is 13.9. The maximum absolute atomic E-state index is 6.58. The molecule has 6 heteroatoms. The molecular formula is C23H23ClN2O3. The van der Waals surface area contributed by atoms with E-state index >= 15 is 0 Å². The monoisotopic (exact) mass is 410 g/mol. The van der Waals surface area contributed by atoms with Crippen molar-refractivity contribution in [3.05, 3.63) is 70.8 Å². The Morgan fingerprint density at radius 1 is 1.03 bits per heavy atom. The Balaban J connectivity index is 1.72. The Labute approximate surface area is 175 Å². The third-order valence-corrected chi connectivity index (χ3v) is 6.90. The lowest BCUT2D eigenvalue weighted by atomic mass is 9.55. The lowest BCUT2D eigenvalue weighted by Gasteiger charge is -2.61. The van der Waals surface area contributed by atoms with Gasteiger partial charge in [-0.2, -0.15) is 0 Å². The SMILES string of the molecule is CC1(C)Oc2ccc(C3=C(Cl)/C=C/C=C/C=C3)cc2C2(COC(N)=N2)C12COC2. The van der Waals surface area contributed by atoms with E-state index in [0.29, 0.717) is 24.9 Å². The van der Waals surface area contributed by atoms with Gasteiger partial charge in [-0.05, 0) is 37.6 Å². The Morgan fingerprint density at radius 3 is 2.45 bits per heavy atom. The Morgan fingerprint density at radius 2 is 1.79 bits per heavy atom. The van der Waals surface area contributed by atoms with Crippen LogP contribution in [0.5, 0.6) is 5.75 Å². The molecule has 1 atom stereocenters. The van der Waals surface area contributed by atoms with Crippen LogP contribution in [0.1, 0.15) is 25.0 Å². The molecule has 1 aromatic carbocycles. The molecular weight excluding hydrogens is 388 g/mol.